The molecular formula is C27H31N5O2. The summed E-state index contributed by atoms with van der Waals surface area (Å²) in [4.78, 5) is 34.6. The van der Waals surface area contributed by atoms with Gasteiger partial charge in [-0.05, 0) is 62.4 Å². The first-order chi connectivity index (χ1) is 16.4. The van der Waals surface area contributed by atoms with Gasteiger partial charge in [-0.3, -0.25) is 9.59 Å². The zero-order valence-electron chi connectivity index (χ0n) is 19.9. The van der Waals surface area contributed by atoms with Crippen LogP contribution in [0, 0.1) is 0 Å². The number of carbonyl (C=O) groups is 2. The summed E-state index contributed by atoms with van der Waals surface area (Å²) in [6.07, 6.45) is 6.52. The normalized spacial score (nSPS) is 18.3. The Hall–Kier alpha value is -3.48. The molecular weight excluding hydrogens is 426 g/mol. The highest BCUT2D eigenvalue weighted by Crippen LogP contribution is 2.34. The molecule has 2 amide bonds. The van der Waals surface area contributed by atoms with Crippen LogP contribution in [0.15, 0.2) is 60.9 Å². The molecule has 0 radical (unpaired) electrons. The van der Waals surface area contributed by atoms with Crippen LogP contribution in [0.4, 0.5) is 0 Å². The van der Waals surface area contributed by atoms with Crippen molar-refractivity contribution in [1.29, 1.82) is 0 Å². The molecule has 2 fully saturated rings. The molecule has 2 aromatic carbocycles. The Kier molecular flexibility index (Phi) is 5.94. The number of carbonyl (C=O) groups excluding carboxylic acids is 2. The van der Waals surface area contributed by atoms with Gasteiger partial charge in [0.2, 0.25) is 5.82 Å². The first kappa shape index (κ1) is 22.3. The molecule has 1 saturated carbocycles. The van der Waals surface area contributed by atoms with Gasteiger partial charge in [0.25, 0.3) is 11.8 Å². The molecule has 5 rings (SSSR count). The fourth-order valence-electron chi connectivity index (χ4n) is 5.26. The number of amides is 2. The molecule has 7 heteroatoms. The second-order valence-electron chi connectivity index (χ2n) is 9.95. The monoisotopic (exact) mass is 457 g/mol. The van der Waals surface area contributed by atoms with Gasteiger partial charge in [-0.15, -0.1) is 5.10 Å². The molecule has 0 atom stereocenters. The minimum Gasteiger partial charge on any atom is -0.335 e. The number of aromatic nitrogens is 3. The van der Waals surface area contributed by atoms with E-state index in [-0.39, 0.29) is 17.6 Å². The van der Waals surface area contributed by atoms with E-state index in [0.717, 1.165) is 11.3 Å². The van der Waals surface area contributed by atoms with Gasteiger partial charge in [0, 0.05) is 25.2 Å². The molecule has 1 aliphatic heterocycles. The fourth-order valence-corrected chi connectivity index (χ4v) is 5.26. The molecule has 1 saturated heterocycles. The van der Waals surface area contributed by atoms with Crippen LogP contribution in [-0.4, -0.2) is 61.6 Å². The number of benzene rings is 2. The molecule has 2 heterocycles. The SMILES string of the molecule is CC1(C)CN(C(=O)c2cccc(C3CCCC3)c2)CCN1C(=O)c1ncn(-c2ccccc2)n1. The van der Waals surface area contributed by atoms with Crippen molar-refractivity contribution in [3.8, 4) is 5.69 Å². The maximum absolute atomic E-state index is 13.4. The molecule has 34 heavy (non-hydrogen) atoms. The highest BCUT2D eigenvalue weighted by Gasteiger charge is 2.40. The molecule has 1 aliphatic carbocycles. The van der Waals surface area contributed by atoms with Crippen LogP contribution in [0.5, 0.6) is 0 Å². The highest BCUT2D eigenvalue weighted by atomic mass is 16.2. The lowest BCUT2D eigenvalue weighted by molar-refractivity contribution is 0.0160. The number of piperazine rings is 1. The summed E-state index contributed by atoms with van der Waals surface area (Å²) in [6.45, 7) is 5.38. The molecule has 0 N–H and O–H groups in total. The summed E-state index contributed by atoms with van der Waals surface area (Å²) >= 11 is 0. The van der Waals surface area contributed by atoms with Gasteiger partial charge in [0.15, 0.2) is 0 Å². The van der Waals surface area contributed by atoms with Gasteiger partial charge < -0.3 is 9.80 Å². The largest absolute Gasteiger partial charge is 0.335 e. The maximum atomic E-state index is 13.4. The van der Waals surface area contributed by atoms with Crippen LogP contribution < -0.4 is 0 Å². The van der Waals surface area contributed by atoms with Crippen molar-refractivity contribution in [2.45, 2.75) is 51.0 Å². The summed E-state index contributed by atoms with van der Waals surface area (Å²) < 4.78 is 1.61. The summed E-state index contributed by atoms with van der Waals surface area (Å²) in [5.41, 5.74) is 2.33. The first-order valence-electron chi connectivity index (χ1n) is 12.1. The van der Waals surface area contributed by atoms with Crippen LogP contribution in [0.1, 0.15) is 72.0 Å². The quantitative estimate of drug-likeness (QED) is 0.586. The lowest BCUT2D eigenvalue weighted by atomic mass is 9.94. The summed E-state index contributed by atoms with van der Waals surface area (Å²) in [5, 5.41) is 4.40. The predicted molar refractivity (Wildman–Crippen MR) is 130 cm³/mol. The summed E-state index contributed by atoms with van der Waals surface area (Å²) in [5.74, 6) is 0.560. The lowest BCUT2D eigenvalue weighted by Gasteiger charge is -2.46. The van der Waals surface area contributed by atoms with E-state index < -0.39 is 5.54 Å². The van der Waals surface area contributed by atoms with Gasteiger partial charge in [-0.1, -0.05) is 43.2 Å². The Morgan fingerprint density at radius 3 is 2.44 bits per heavy atom. The third-order valence-corrected chi connectivity index (χ3v) is 7.10. The predicted octanol–water partition coefficient (Wildman–Crippen LogP) is 4.30. The number of hydrogen-bond donors (Lipinski definition) is 0. The van der Waals surface area contributed by atoms with Crippen molar-refractivity contribution in [2.75, 3.05) is 19.6 Å². The van der Waals surface area contributed by atoms with Gasteiger partial charge in [-0.2, -0.15) is 0 Å². The summed E-state index contributed by atoms with van der Waals surface area (Å²) in [7, 11) is 0. The van der Waals surface area contributed by atoms with Crippen LogP contribution in [0.2, 0.25) is 0 Å². The van der Waals surface area contributed by atoms with Crippen LogP contribution in [0.25, 0.3) is 5.69 Å². The summed E-state index contributed by atoms with van der Waals surface area (Å²) in [6, 6.07) is 17.7. The standard InChI is InChI=1S/C27H31N5O2/c1-27(2)18-30(25(33)22-12-8-11-21(17-22)20-9-6-7-10-20)15-16-31(27)26(34)24-28-19-32(29-24)23-13-4-3-5-14-23/h3-5,8,11-14,17,19-20H,6-7,9-10,15-16,18H2,1-2H3. The number of para-hydroxylation sites is 1. The average Bonchev–Trinajstić information content (AvgIpc) is 3.56. The average molecular weight is 458 g/mol. The van der Waals surface area contributed by atoms with Crippen molar-refractivity contribution in [3.05, 3.63) is 77.9 Å². The molecule has 1 aromatic heterocycles. The third kappa shape index (κ3) is 4.34. The fraction of sp³-hybridized carbons (Fsp3) is 0.407. The van der Waals surface area contributed by atoms with Crippen LogP contribution in [0.3, 0.4) is 0 Å². The van der Waals surface area contributed by atoms with E-state index in [4.69, 9.17) is 0 Å². The van der Waals surface area contributed by atoms with Crippen molar-refractivity contribution in [2.24, 2.45) is 0 Å². The van der Waals surface area contributed by atoms with Crippen LogP contribution >= 0.6 is 0 Å². The zero-order chi connectivity index (χ0) is 23.7. The number of nitrogens with zero attached hydrogens (tertiary/aromatic N) is 5. The lowest BCUT2D eigenvalue weighted by Crippen LogP contribution is -2.62. The Labute approximate surface area is 200 Å². The van der Waals surface area contributed by atoms with Gasteiger partial charge in [-0.25, -0.2) is 9.67 Å². The molecule has 0 bridgehead atoms. The van der Waals surface area contributed by atoms with E-state index >= 15 is 0 Å². The topological polar surface area (TPSA) is 71.3 Å². The van der Waals surface area contributed by atoms with Gasteiger partial charge in [0.1, 0.15) is 6.33 Å². The first-order valence-corrected chi connectivity index (χ1v) is 12.1. The molecule has 176 valence electrons. The Bertz CT molecular complexity index is 1180. The van der Waals surface area contributed by atoms with Crippen molar-refractivity contribution >= 4 is 11.8 Å². The molecule has 0 unspecified atom stereocenters. The smallest absolute Gasteiger partial charge is 0.294 e. The van der Waals surface area contributed by atoms with Gasteiger partial charge in [0.05, 0.1) is 11.2 Å². The van der Waals surface area contributed by atoms with Crippen LogP contribution in [-0.2, 0) is 0 Å². The third-order valence-electron chi connectivity index (χ3n) is 7.10. The van der Waals surface area contributed by atoms with E-state index in [2.05, 4.69) is 22.2 Å². The minimum atomic E-state index is -0.535. The maximum Gasteiger partial charge on any atom is 0.294 e. The van der Waals surface area contributed by atoms with Crippen molar-refractivity contribution in [1.82, 2.24) is 24.6 Å². The molecule has 0 spiro atoms. The van der Waals surface area contributed by atoms with E-state index in [1.165, 1.54) is 31.2 Å². The number of rotatable bonds is 4. The Morgan fingerprint density at radius 2 is 1.71 bits per heavy atom. The number of hydrogen-bond acceptors (Lipinski definition) is 4. The Morgan fingerprint density at radius 1 is 0.941 bits per heavy atom. The van der Waals surface area contributed by atoms with E-state index in [0.29, 0.717) is 25.6 Å². The Balaban J connectivity index is 1.29. The minimum absolute atomic E-state index is 0.0338. The molecule has 2 aliphatic rings. The zero-order valence-corrected chi connectivity index (χ0v) is 19.9. The van der Waals surface area contributed by atoms with E-state index in [1.54, 1.807) is 15.9 Å². The van der Waals surface area contributed by atoms with Gasteiger partial charge >= 0.3 is 0 Å². The molecule has 3 aromatic rings. The van der Waals surface area contributed by atoms with Crippen molar-refractivity contribution in [3.63, 3.8) is 0 Å². The van der Waals surface area contributed by atoms with Crippen molar-refractivity contribution < 1.29 is 9.59 Å². The highest BCUT2D eigenvalue weighted by molar-refractivity contribution is 5.95. The van der Waals surface area contributed by atoms with E-state index in [1.807, 2.05) is 61.2 Å². The second-order valence-corrected chi connectivity index (χ2v) is 9.95. The second kappa shape index (κ2) is 9.05. The molecule has 7 nitrogen and oxygen atoms in total. The van der Waals surface area contributed by atoms with E-state index in [9.17, 15) is 9.59 Å².